The molecule has 0 amide bonds. The van der Waals surface area contributed by atoms with Gasteiger partial charge in [-0.05, 0) is 26.0 Å². The molecule has 0 saturated carbocycles. The Kier molecular flexibility index (Phi) is 5.31. The van der Waals surface area contributed by atoms with Crippen molar-refractivity contribution >= 4 is 11.9 Å². The second-order valence-electron chi connectivity index (χ2n) is 4.81. The van der Waals surface area contributed by atoms with Gasteiger partial charge in [0.25, 0.3) is 0 Å². The average Bonchev–Trinajstić information content (AvgIpc) is 2.54. The third kappa shape index (κ3) is 3.95. The summed E-state index contributed by atoms with van der Waals surface area (Å²) in [6, 6.07) is 15.8. The Bertz CT molecular complexity index is 632. The Morgan fingerprint density at radius 1 is 1.00 bits per heavy atom. The highest BCUT2D eigenvalue weighted by Gasteiger charge is 2.26. The lowest BCUT2D eigenvalue weighted by Crippen LogP contribution is -2.22. The number of aryl methyl sites for hydroxylation is 1. The number of rotatable bonds is 5. The van der Waals surface area contributed by atoms with E-state index in [4.69, 9.17) is 9.47 Å². The predicted octanol–water partition coefficient (Wildman–Crippen LogP) is 3.46. The third-order valence-corrected chi connectivity index (χ3v) is 3.12. The van der Waals surface area contributed by atoms with Crippen LogP contribution in [0.3, 0.4) is 0 Å². The summed E-state index contributed by atoms with van der Waals surface area (Å²) in [7, 11) is 0. The molecule has 4 heteroatoms. The van der Waals surface area contributed by atoms with E-state index in [0.29, 0.717) is 11.1 Å². The number of carbonyl (C=O) groups excluding carboxylic acids is 2. The molecule has 2 aromatic carbocycles. The normalized spacial score (nSPS) is 11.5. The van der Waals surface area contributed by atoms with Crippen LogP contribution in [-0.2, 0) is 14.3 Å². The molecule has 0 spiro atoms. The molecule has 114 valence electrons. The molecule has 0 aromatic heterocycles. The molecule has 0 fully saturated rings. The smallest absolute Gasteiger partial charge is 0.352 e. The largest absolute Gasteiger partial charge is 0.463 e. The number of benzene rings is 2. The number of carbonyl (C=O) groups is 2. The van der Waals surface area contributed by atoms with Gasteiger partial charge in [0.15, 0.2) is 0 Å². The van der Waals surface area contributed by atoms with Crippen LogP contribution in [0.15, 0.2) is 54.6 Å². The summed E-state index contributed by atoms with van der Waals surface area (Å²) < 4.78 is 10.4. The van der Waals surface area contributed by atoms with Crippen LogP contribution in [0.4, 0.5) is 0 Å². The second kappa shape index (κ2) is 7.41. The summed E-state index contributed by atoms with van der Waals surface area (Å²) in [5.41, 5.74) is 2.03. The van der Waals surface area contributed by atoms with Crippen LogP contribution in [0.1, 0.15) is 34.5 Å². The highest BCUT2D eigenvalue weighted by atomic mass is 16.6. The van der Waals surface area contributed by atoms with E-state index in [-0.39, 0.29) is 6.61 Å². The summed E-state index contributed by atoms with van der Waals surface area (Å²) in [6.07, 6.45) is -1.06. The lowest BCUT2D eigenvalue weighted by atomic mass is 10.1. The van der Waals surface area contributed by atoms with E-state index in [0.717, 1.165) is 5.56 Å². The van der Waals surface area contributed by atoms with Crippen molar-refractivity contribution in [3.05, 3.63) is 71.3 Å². The standard InChI is InChI=1S/C18H18O4/c1-3-21-18(20)16(14-7-5-4-6-8-14)22-17(19)15-11-9-13(2)10-12-15/h4-12,16H,3H2,1-2H3. The Morgan fingerprint density at radius 2 is 1.64 bits per heavy atom. The van der Waals surface area contributed by atoms with Gasteiger partial charge >= 0.3 is 11.9 Å². The van der Waals surface area contributed by atoms with Crippen LogP contribution in [0.5, 0.6) is 0 Å². The first-order valence-electron chi connectivity index (χ1n) is 7.11. The van der Waals surface area contributed by atoms with Gasteiger partial charge in [-0.1, -0.05) is 48.0 Å². The van der Waals surface area contributed by atoms with E-state index < -0.39 is 18.0 Å². The Labute approximate surface area is 129 Å². The first kappa shape index (κ1) is 15.8. The maximum absolute atomic E-state index is 12.2. The highest BCUT2D eigenvalue weighted by Crippen LogP contribution is 2.21. The molecule has 0 aliphatic rings. The van der Waals surface area contributed by atoms with Gasteiger partial charge in [-0.15, -0.1) is 0 Å². The molecule has 0 bridgehead atoms. The first-order valence-corrected chi connectivity index (χ1v) is 7.11. The molecule has 0 heterocycles. The van der Waals surface area contributed by atoms with Crippen molar-refractivity contribution in [2.75, 3.05) is 6.61 Å². The Balaban J connectivity index is 2.21. The molecule has 22 heavy (non-hydrogen) atoms. The van der Waals surface area contributed by atoms with Gasteiger partial charge in [0, 0.05) is 5.56 Å². The van der Waals surface area contributed by atoms with E-state index in [1.807, 2.05) is 25.1 Å². The summed E-state index contributed by atoms with van der Waals surface area (Å²) in [5.74, 6) is -1.13. The van der Waals surface area contributed by atoms with Crippen molar-refractivity contribution in [1.82, 2.24) is 0 Å². The number of esters is 2. The molecule has 1 atom stereocenters. The number of ether oxygens (including phenoxy) is 2. The van der Waals surface area contributed by atoms with Crippen LogP contribution in [0.2, 0.25) is 0 Å². The maximum atomic E-state index is 12.2. The third-order valence-electron chi connectivity index (χ3n) is 3.12. The molecule has 2 rings (SSSR count). The zero-order valence-corrected chi connectivity index (χ0v) is 12.6. The molecule has 0 aliphatic heterocycles. The van der Waals surface area contributed by atoms with E-state index in [1.54, 1.807) is 43.3 Å². The summed E-state index contributed by atoms with van der Waals surface area (Å²) >= 11 is 0. The highest BCUT2D eigenvalue weighted by molar-refractivity contribution is 5.91. The topological polar surface area (TPSA) is 52.6 Å². The van der Waals surface area contributed by atoms with Crippen LogP contribution in [-0.4, -0.2) is 18.5 Å². The molecular formula is C18H18O4. The lowest BCUT2D eigenvalue weighted by Gasteiger charge is -2.16. The molecule has 2 aromatic rings. The molecular weight excluding hydrogens is 280 g/mol. The van der Waals surface area contributed by atoms with Gasteiger partial charge in [-0.3, -0.25) is 0 Å². The van der Waals surface area contributed by atoms with Gasteiger partial charge in [0.2, 0.25) is 6.10 Å². The maximum Gasteiger partial charge on any atom is 0.352 e. The molecule has 1 unspecified atom stereocenters. The Hall–Kier alpha value is -2.62. The van der Waals surface area contributed by atoms with Crippen molar-refractivity contribution in [3.63, 3.8) is 0 Å². The predicted molar refractivity (Wildman–Crippen MR) is 82.4 cm³/mol. The number of hydrogen-bond donors (Lipinski definition) is 0. The zero-order valence-electron chi connectivity index (χ0n) is 12.6. The summed E-state index contributed by atoms with van der Waals surface area (Å²) in [4.78, 5) is 24.3. The van der Waals surface area contributed by atoms with Gasteiger partial charge in [0.1, 0.15) is 0 Å². The minimum absolute atomic E-state index is 0.226. The van der Waals surface area contributed by atoms with Crippen LogP contribution >= 0.6 is 0 Å². The van der Waals surface area contributed by atoms with E-state index in [9.17, 15) is 9.59 Å². The zero-order chi connectivity index (χ0) is 15.9. The van der Waals surface area contributed by atoms with E-state index in [2.05, 4.69) is 0 Å². The van der Waals surface area contributed by atoms with Crippen molar-refractivity contribution in [3.8, 4) is 0 Å². The van der Waals surface area contributed by atoms with Crippen molar-refractivity contribution in [1.29, 1.82) is 0 Å². The first-order chi connectivity index (χ1) is 10.6. The van der Waals surface area contributed by atoms with Gasteiger partial charge in [-0.25, -0.2) is 9.59 Å². The Morgan fingerprint density at radius 3 is 2.23 bits per heavy atom. The van der Waals surface area contributed by atoms with Gasteiger partial charge < -0.3 is 9.47 Å². The summed E-state index contributed by atoms with van der Waals surface area (Å²) in [5, 5.41) is 0. The molecule has 0 aliphatic carbocycles. The molecule has 0 radical (unpaired) electrons. The van der Waals surface area contributed by atoms with Gasteiger partial charge in [0.05, 0.1) is 12.2 Å². The molecule has 0 saturated heterocycles. The van der Waals surface area contributed by atoms with E-state index in [1.165, 1.54) is 0 Å². The minimum atomic E-state index is -1.06. The molecule has 4 nitrogen and oxygen atoms in total. The second-order valence-corrected chi connectivity index (χ2v) is 4.81. The minimum Gasteiger partial charge on any atom is -0.463 e. The molecule has 0 N–H and O–H groups in total. The fraction of sp³-hybridized carbons (Fsp3) is 0.222. The fourth-order valence-corrected chi connectivity index (χ4v) is 1.96. The monoisotopic (exact) mass is 298 g/mol. The van der Waals surface area contributed by atoms with Gasteiger partial charge in [-0.2, -0.15) is 0 Å². The van der Waals surface area contributed by atoms with Crippen LogP contribution in [0.25, 0.3) is 0 Å². The lowest BCUT2D eigenvalue weighted by molar-refractivity contribution is -0.153. The number of hydrogen-bond acceptors (Lipinski definition) is 4. The average molecular weight is 298 g/mol. The van der Waals surface area contributed by atoms with Crippen molar-refractivity contribution in [2.45, 2.75) is 20.0 Å². The fourth-order valence-electron chi connectivity index (χ4n) is 1.96. The van der Waals surface area contributed by atoms with Crippen molar-refractivity contribution in [2.24, 2.45) is 0 Å². The quantitative estimate of drug-likeness (QED) is 0.793. The van der Waals surface area contributed by atoms with E-state index >= 15 is 0 Å². The van der Waals surface area contributed by atoms with Crippen molar-refractivity contribution < 1.29 is 19.1 Å². The summed E-state index contributed by atoms with van der Waals surface area (Å²) in [6.45, 7) is 3.87. The van der Waals surface area contributed by atoms with Crippen LogP contribution in [0, 0.1) is 6.92 Å². The SMILES string of the molecule is CCOC(=O)C(OC(=O)c1ccc(C)cc1)c1ccccc1. The van der Waals surface area contributed by atoms with Crippen LogP contribution < -0.4 is 0 Å².